The van der Waals surface area contributed by atoms with Crippen molar-refractivity contribution in [2.45, 2.75) is 13.3 Å². The molecule has 0 heterocycles. The van der Waals surface area contributed by atoms with Crippen LogP contribution in [-0.2, 0) is 11.2 Å². The van der Waals surface area contributed by atoms with Gasteiger partial charge in [-0.1, -0.05) is 35.9 Å². The van der Waals surface area contributed by atoms with E-state index in [4.69, 9.17) is 16.3 Å². The van der Waals surface area contributed by atoms with Crippen molar-refractivity contribution in [3.8, 4) is 5.75 Å². The van der Waals surface area contributed by atoms with E-state index in [9.17, 15) is 14.7 Å². The van der Waals surface area contributed by atoms with Crippen LogP contribution in [0.3, 0.4) is 0 Å². The molecule has 0 spiro atoms. The maximum atomic E-state index is 12.3. The van der Waals surface area contributed by atoms with Crippen LogP contribution >= 0.6 is 11.6 Å². The maximum absolute atomic E-state index is 12.3. The first-order valence-electron chi connectivity index (χ1n) is 7.82. The Kier molecular flexibility index (Phi) is 6.42. The number of benzene rings is 2. The number of carbonyl (C=O) groups excluding carboxylic acids is 1. The highest BCUT2D eigenvalue weighted by Crippen LogP contribution is 2.21. The third-order valence-electron chi connectivity index (χ3n) is 4.03. The lowest BCUT2D eigenvalue weighted by atomic mass is 9.98. The molecule has 6 heteroatoms. The Balaban J connectivity index is 2.08. The molecule has 2 N–H and O–H groups in total. The number of carboxylic acid groups (broad SMARTS) is 1. The third-order valence-corrected chi connectivity index (χ3v) is 4.44. The van der Waals surface area contributed by atoms with Crippen LogP contribution in [0.5, 0.6) is 5.75 Å². The van der Waals surface area contributed by atoms with Crippen molar-refractivity contribution >= 4 is 23.5 Å². The van der Waals surface area contributed by atoms with E-state index in [0.29, 0.717) is 21.9 Å². The zero-order chi connectivity index (χ0) is 18.4. The van der Waals surface area contributed by atoms with Gasteiger partial charge < -0.3 is 15.2 Å². The van der Waals surface area contributed by atoms with Gasteiger partial charge in [0.05, 0.1) is 13.0 Å². The van der Waals surface area contributed by atoms with E-state index in [1.54, 1.807) is 31.2 Å². The molecule has 2 aromatic rings. The van der Waals surface area contributed by atoms with Gasteiger partial charge in [0.1, 0.15) is 5.75 Å². The minimum absolute atomic E-state index is 0.0121. The van der Waals surface area contributed by atoms with Crippen molar-refractivity contribution in [2.24, 2.45) is 5.92 Å². The number of para-hydroxylation sites is 1. The molecule has 0 aliphatic carbocycles. The highest BCUT2D eigenvalue weighted by atomic mass is 35.5. The molecule has 0 fully saturated rings. The standard InChI is InChI=1S/C19H20ClNO4/c1-12-15(7-5-8-16(12)20)18(22)21-11-14(19(23)24)10-13-6-3-4-9-17(13)25-2/h3-9,14H,10-11H2,1-2H3,(H,21,22)(H,23,24). The summed E-state index contributed by atoms with van der Waals surface area (Å²) < 4.78 is 5.25. The van der Waals surface area contributed by atoms with Gasteiger partial charge in [0, 0.05) is 17.1 Å². The van der Waals surface area contributed by atoms with E-state index >= 15 is 0 Å². The lowest BCUT2D eigenvalue weighted by Crippen LogP contribution is -2.34. The molecule has 2 aromatic carbocycles. The minimum atomic E-state index is -0.978. The first-order chi connectivity index (χ1) is 11.9. The van der Waals surface area contributed by atoms with Gasteiger partial charge in [0.15, 0.2) is 0 Å². The molecular formula is C19H20ClNO4. The lowest BCUT2D eigenvalue weighted by Gasteiger charge is -2.16. The summed E-state index contributed by atoms with van der Waals surface area (Å²) in [5, 5.41) is 12.7. The number of rotatable bonds is 7. The predicted molar refractivity (Wildman–Crippen MR) is 96.3 cm³/mol. The molecule has 25 heavy (non-hydrogen) atoms. The number of hydrogen-bond donors (Lipinski definition) is 2. The summed E-state index contributed by atoms with van der Waals surface area (Å²) in [6, 6.07) is 12.3. The number of carboxylic acids is 1. The lowest BCUT2D eigenvalue weighted by molar-refractivity contribution is -0.141. The summed E-state index contributed by atoms with van der Waals surface area (Å²) in [6.07, 6.45) is 0.258. The fraction of sp³-hybridized carbons (Fsp3) is 0.263. The number of nitrogens with one attached hydrogen (secondary N) is 1. The molecule has 0 saturated carbocycles. The second-order valence-electron chi connectivity index (χ2n) is 5.67. The number of halogens is 1. The van der Waals surface area contributed by atoms with E-state index < -0.39 is 11.9 Å². The monoisotopic (exact) mass is 361 g/mol. The molecule has 0 aliphatic heterocycles. The molecule has 2 rings (SSSR count). The van der Waals surface area contributed by atoms with Gasteiger partial charge in [0.2, 0.25) is 0 Å². The number of ether oxygens (including phenoxy) is 1. The number of hydrogen-bond acceptors (Lipinski definition) is 3. The fourth-order valence-corrected chi connectivity index (χ4v) is 2.72. The summed E-state index contributed by atoms with van der Waals surface area (Å²) in [7, 11) is 1.54. The number of methoxy groups -OCH3 is 1. The SMILES string of the molecule is COc1ccccc1CC(CNC(=O)c1cccc(Cl)c1C)C(=O)O. The Morgan fingerprint density at radius 2 is 1.92 bits per heavy atom. The van der Waals surface area contributed by atoms with Crippen molar-refractivity contribution in [3.05, 3.63) is 64.2 Å². The van der Waals surface area contributed by atoms with Crippen LogP contribution in [0.2, 0.25) is 5.02 Å². The Labute approximate surface area is 151 Å². The van der Waals surface area contributed by atoms with Crippen LogP contribution in [0.1, 0.15) is 21.5 Å². The second-order valence-corrected chi connectivity index (χ2v) is 6.08. The number of amides is 1. The van der Waals surface area contributed by atoms with Gasteiger partial charge in [0.25, 0.3) is 5.91 Å². The smallest absolute Gasteiger partial charge is 0.308 e. The molecule has 0 saturated heterocycles. The Hall–Kier alpha value is -2.53. The van der Waals surface area contributed by atoms with Crippen LogP contribution in [-0.4, -0.2) is 30.6 Å². The van der Waals surface area contributed by atoms with Crippen LogP contribution in [0.25, 0.3) is 0 Å². The quantitative estimate of drug-likeness (QED) is 0.793. The molecule has 0 radical (unpaired) electrons. The highest BCUT2D eigenvalue weighted by Gasteiger charge is 2.21. The predicted octanol–water partition coefficient (Wildman–Crippen LogP) is 3.33. The van der Waals surface area contributed by atoms with E-state index in [0.717, 1.165) is 5.56 Å². The van der Waals surface area contributed by atoms with Crippen molar-refractivity contribution in [3.63, 3.8) is 0 Å². The topological polar surface area (TPSA) is 75.6 Å². The van der Waals surface area contributed by atoms with Gasteiger partial charge in [-0.05, 0) is 42.7 Å². The molecular weight excluding hydrogens is 342 g/mol. The minimum Gasteiger partial charge on any atom is -0.496 e. The number of aliphatic carboxylic acids is 1. The van der Waals surface area contributed by atoms with E-state index in [-0.39, 0.29) is 18.9 Å². The Morgan fingerprint density at radius 1 is 1.20 bits per heavy atom. The van der Waals surface area contributed by atoms with Crippen molar-refractivity contribution < 1.29 is 19.4 Å². The van der Waals surface area contributed by atoms with Crippen molar-refractivity contribution in [1.82, 2.24) is 5.32 Å². The molecule has 1 atom stereocenters. The van der Waals surface area contributed by atoms with Crippen LogP contribution in [0.4, 0.5) is 0 Å². The van der Waals surface area contributed by atoms with Crippen LogP contribution in [0.15, 0.2) is 42.5 Å². The average Bonchev–Trinajstić information content (AvgIpc) is 2.60. The molecule has 5 nitrogen and oxygen atoms in total. The molecule has 0 aromatic heterocycles. The molecule has 0 aliphatic rings. The van der Waals surface area contributed by atoms with Gasteiger partial charge in [-0.2, -0.15) is 0 Å². The van der Waals surface area contributed by atoms with Crippen molar-refractivity contribution in [2.75, 3.05) is 13.7 Å². The molecule has 0 bridgehead atoms. The summed E-state index contributed by atoms with van der Waals surface area (Å²) in [5.41, 5.74) is 1.89. The van der Waals surface area contributed by atoms with E-state index in [2.05, 4.69) is 5.32 Å². The first kappa shape index (κ1) is 18.8. The Bertz CT molecular complexity index is 776. The van der Waals surface area contributed by atoms with Gasteiger partial charge in [-0.15, -0.1) is 0 Å². The zero-order valence-electron chi connectivity index (χ0n) is 14.1. The zero-order valence-corrected chi connectivity index (χ0v) is 14.8. The molecule has 1 unspecified atom stereocenters. The molecule has 132 valence electrons. The highest BCUT2D eigenvalue weighted by molar-refractivity contribution is 6.31. The normalized spacial score (nSPS) is 11.6. The number of carbonyl (C=O) groups is 2. The summed E-state index contributed by atoms with van der Waals surface area (Å²) in [4.78, 5) is 23.9. The third kappa shape index (κ3) is 4.73. The van der Waals surface area contributed by atoms with Gasteiger partial charge in [-0.25, -0.2) is 0 Å². The van der Waals surface area contributed by atoms with Crippen LogP contribution < -0.4 is 10.1 Å². The summed E-state index contributed by atoms with van der Waals surface area (Å²) >= 11 is 6.02. The fourth-order valence-electron chi connectivity index (χ4n) is 2.55. The summed E-state index contributed by atoms with van der Waals surface area (Å²) in [6.45, 7) is 1.76. The van der Waals surface area contributed by atoms with E-state index in [1.807, 2.05) is 18.2 Å². The average molecular weight is 362 g/mol. The van der Waals surface area contributed by atoms with Gasteiger partial charge >= 0.3 is 5.97 Å². The Morgan fingerprint density at radius 3 is 2.60 bits per heavy atom. The first-order valence-corrected chi connectivity index (χ1v) is 8.19. The second kappa shape index (κ2) is 8.53. The van der Waals surface area contributed by atoms with E-state index in [1.165, 1.54) is 7.11 Å². The van der Waals surface area contributed by atoms with Crippen LogP contribution in [0, 0.1) is 12.8 Å². The molecule has 1 amide bonds. The van der Waals surface area contributed by atoms with Crippen molar-refractivity contribution in [1.29, 1.82) is 0 Å². The maximum Gasteiger partial charge on any atom is 0.308 e. The van der Waals surface area contributed by atoms with Gasteiger partial charge in [-0.3, -0.25) is 9.59 Å². The largest absolute Gasteiger partial charge is 0.496 e. The summed E-state index contributed by atoms with van der Waals surface area (Å²) in [5.74, 6) is -1.45.